The fourth-order valence-electron chi connectivity index (χ4n) is 2.00. The lowest BCUT2D eigenvalue weighted by molar-refractivity contribution is 0.218. The van der Waals surface area contributed by atoms with Gasteiger partial charge in [-0.2, -0.15) is 0 Å². The van der Waals surface area contributed by atoms with E-state index in [2.05, 4.69) is 37.8 Å². The lowest BCUT2D eigenvalue weighted by Gasteiger charge is -2.22. The molecule has 96 valence electrons. The van der Waals surface area contributed by atoms with E-state index in [9.17, 15) is 0 Å². The fourth-order valence-corrected chi connectivity index (χ4v) is 2.00. The minimum atomic E-state index is -0.160. The van der Waals surface area contributed by atoms with Gasteiger partial charge in [-0.05, 0) is 50.1 Å². The van der Waals surface area contributed by atoms with Gasteiger partial charge in [0.1, 0.15) is 0 Å². The molecule has 0 aromatic heterocycles. The van der Waals surface area contributed by atoms with Gasteiger partial charge in [0.15, 0.2) is 0 Å². The predicted molar refractivity (Wildman–Crippen MR) is 72.0 cm³/mol. The summed E-state index contributed by atoms with van der Waals surface area (Å²) >= 11 is 0. The third-order valence-corrected chi connectivity index (χ3v) is 3.39. The van der Waals surface area contributed by atoms with Crippen molar-refractivity contribution >= 4 is 0 Å². The number of rotatable bonds is 5. The third-order valence-electron chi connectivity index (χ3n) is 3.39. The molecule has 1 aromatic rings. The smallest absolute Gasteiger partial charge is 0.0595 e. The summed E-state index contributed by atoms with van der Waals surface area (Å²) in [5.41, 5.74) is 11.1. The highest BCUT2D eigenvalue weighted by molar-refractivity contribution is 5.38. The number of aryl methyl sites for hydroxylation is 1. The molecule has 0 aliphatic carbocycles. The highest BCUT2D eigenvalue weighted by Gasteiger charge is 2.09. The molecule has 0 radical (unpaired) electrons. The zero-order valence-corrected chi connectivity index (χ0v) is 11.3. The van der Waals surface area contributed by atoms with Crippen LogP contribution in [0.3, 0.4) is 0 Å². The summed E-state index contributed by atoms with van der Waals surface area (Å²) in [7, 11) is 2.03. The highest BCUT2D eigenvalue weighted by atomic mass is 16.3. The minimum absolute atomic E-state index is 0.0379. The molecule has 3 nitrogen and oxygen atoms in total. The van der Waals surface area contributed by atoms with Crippen molar-refractivity contribution in [3.8, 4) is 0 Å². The van der Waals surface area contributed by atoms with Gasteiger partial charge in [0.25, 0.3) is 0 Å². The van der Waals surface area contributed by atoms with Gasteiger partial charge in [-0.3, -0.25) is 0 Å². The maximum absolute atomic E-state index is 8.93. The molecule has 1 unspecified atom stereocenters. The van der Waals surface area contributed by atoms with Crippen LogP contribution in [0.2, 0.25) is 0 Å². The van der Waals surface area contributed by atoms with Crippen molar-refractivity contribution in [2.24, 2.45) is 5.73 Å². The molecular formula is C14H24N2O. The summed E-state index contributed by atoms with van der Waals surface area (Å²) in [5, 5.41) is 8.93. The number of benzene rings is 1. The van der Waals surface area contributed by atoms with E-state index < -0.39 is 0 Å². The Balaban J connectivity index is 2.72. The fraction of sp³-hybridized carbons (Fsp3) is 0.571. The summed E-state index contributed by atoms with van der Waals surface area (Å²) in [5.74, 6) is 0. The van der Waals surface area contributed by atoms with Gasteiger partial charge in [-0.1, -0.05) is 12.1 Å². The van der Waals surface area contributed by atoms with E-state index in [1.54, 1.807) is 0 Å². The molecule has 0 aliphatic heterocycles. The Kier molecular flexibility index (Phi) is 5.12. The summed E-state index contributed by atoms with van der Waals surface area (Å²) in [4.78, 5) is 2.15. The Hall–Kier alpha value is -0.900. The first-order valence-corrected chi connectivity index (χ1v) is 6.06. The number of hydrogen-bond donors (Lipinski definition) is 2. The molecule has 0 spiro atoms. The molecular weight excluding hydrogens is 212 g/mol. The molecule has 17 heavy (non-hydrogen) atoms. The Morgan fingerprint density at radius 2 is 1.88 bits per heavy atom. The van der Waals surface area contributed by atoms with E-state index >= 15 is 0 Å². The van der Waals surface area contributed by atoms with Crippen LogP contribution >= 0.6 is 0 Å². The number of nitrogens with two attached hydrogens (primary N) is 1. The minimum Gasteiger partial charge on any atom is -0.395 e. The number of aliphatic hydroxyl groups is 1. The quantitative estimate of drug-likeness (QED) is 0.811. The second-order valence-electron chi connectivity index (χ2n) is 4.93. The largest absolute Gasteiger partial charge is 0.395 e. The molecule has 0 heterocycles. The summed E-state index contributed by atoms with van der Waals surface area (Å²) < 4.78 is 0. The van der Waals surface area contributed by atoms with Crippen molar-refractivity contribution in [3.63, 3.8) is 0 Å². The molecule has 0 aliphatic rings. The molecule has 3 heteroatoms. The Labute approximate surface area is 104 Å². The average Bonchev–Trinajstić information content (AvgIpc) is 2.29. The topological polar surface area (TPSA) is 49.5 Å². The zero-order chi connectivity index (χ0) is 13.0. The normalized spacial score (nSPS) is 13.1. The summed E-state index contributed by atoms with van der Waals surface area (Å²) in [6.07, 6.45) is 0. The van der Waals surface area contributed by atoms with Gasteiger partial charge in [0, 0.05) is 19.1 Å². The Bertz CT molecular complexity index is 377. The standard InChI is InChI=1S/C14H24N2O/c1-10-5-6-13(12(3)11(10)2)7-16(4)8-14(15)9-17/h5-6,14,17H,7-9,15H2,1-4H3. The molecule has 1 atom stereocenters. The lowest BCUT2D eigenvalue weighted by atomic mass is 9.98. The predicted octanol–water partition coefficient (Wildman–Crippen LogP) is 1.36. The van der Waals surface area contributed by atoms with E-state index in [1.807, 2.05) is 7.05 Å². The first kappa shape index (κ1) is 14.2. The summed E-state index contributed by atoms with van der Waals surface area (Å²) in [6.45, 7) is 8.09. The molecule has 0 bridgehead atoms. The molecule has 0 saturated heterocycles. The van der Waals surface area contributed by atoms with Crippen molar-refractivity contribution in [2.75, 3.05) is 20.2 Å². The number of likely N-dealkylation sites (N-methyl/N-ethyl adjacent to an activating group) is 1. The number of hydrogen-bond acceptors (Lipinski definition) is 3. The molecule has 0 amide bonds. The van der Waals surface area contributed by atoms with Crippen molar-refractivity contribution < 1.29 is 5.11 Å². The maximum Gasteiger partial charge on any atom is 0.0595 e. The molecule has 1 rings (SSSR count). The van der Waals surface area contributed by atoms with Crippen LogP contribution in [0.1, 0.15) is 22.3 Å². The Morgan fingerprint density at radius 3 is 2.47 bits per heavy atom. The van der Waals surface area contributed by atoms with Crippen LogP contribution in [0.4, 0.5) is 0 Å². The third kappa shape index (κ3) is 3.80. The maximum atomic E-state index is 8.93. The van der Waals surface area contributed by atoms with Crippen LogP contribution in [0.15, 0.2) is 12.1 Å². The zero-order valence-electron chi connectivity index (χ0n) is 11.3. The Morgan fingerprint density at radius 1 is 1.24 bits per heavy atom. The van der Waals surface area contributed by atoms with Crippen molar-refractivity contribution in [1.82, 2.24) is 4.90 Å². The SMILES string of the molecule is Cc1ccc(CN(C)CC(N)CO)c(C)c1C. The van der Waals surface area contributed by atoms with Crippen LogP contribution in [-0.4, -0.2) is 36.2 Å². The van der Waals surface area contributed by atoms with E-state index in [1.165, 1.54) is 22.3 Å². The van der Waals surface area contributed by atoms with Gasteiger partial charge in [0.05, 0.1) is 6.61 Å². The first-order valence-electron chi connectivity index (χ1n) is 6.06. The number of aliphatic hydroxyl groups excluding tert-OH is 1. The van der Waals surface area contributed by atoms with Gasteiger partial charge in [-0.25, -0.2) is 0 Å². The molecule has 0 fully saturated rings. The van der Waals surface area contributed by atoms with Gasteiger partial charge >= 0.3 is 0 Å². The van der Waals surface area contributed by atoms with Crippen LogP contribution in [0, 0.1) is 20.8 Å². The monoisotopic (exact) mass is 236 g/mol. The van der Waals surface area contributed by atoms with E-state index in [0.717, 1.165) is 6.54 Å². The number of nitrogens with zero attached hydrogens (tertiary/aromatic N) is 1. The van der Waals surface area contributed by atoms with Crippen LogP contribution in [0.25, 0.3) is 0 Å². The van der Waals surface area contributed by atoms with Crippen molar-refractivity contribution in [2.45, 2.75) is 33.4 Å². The molecule has 1 aromatic carbocycles. The van der Waals surface area contributed by atoms with Gasteiger partial charge < -0.3 is 15.7 Å². The van der Waals surface area contributed by atoms with E-state index in [0.29, 0.717) is 6.54 Å². The highest BCUT2D eigenvalue weighted by Crippen LogP contribution is 2.18. The average molecular weight is 236 g/mol. The lowest BCUT2D eigenvalue weighted by Crippen LogP contribution is -2.37. The van der Waals surface area contributed by atoms with E-state index in [-0.39, 0.29) is 12.6 Å². The van der Waals surface area contributed by atoms with Crippen LogP contribution in [-0.2, 0) is 6.54 Å². The van der Waals surface area contributed by atoms with Gasteiger partial charge in [0.2, 0.25) is 0 Å². The van der Waals surface area contributed by atoms with Gasteiger partial charge in [-0.15, -0.1) is 0 Å². The van der Waals surface area contributed by atoms with Crippen LogP contribution < -0.4 is 5.73 Å². The van der Waals surface area contributed by atoms with Crippen molar-refractivity contribution in [3.05, 3.63) is 34.4 Å². The van der Waals surface area contributed by atoms with Crippen LogP contribution in [0.5, 0.6) is 0 Å². The summed E-state index contributed by atoms with van der Waals surface area (Å²) in [6, 6.07) is 4.18. The first-order chi connectivity index (χ1) is 7.95. The van der Waals surface area contributed by atoms with Crippen molar-refractivity contribution in [1.29, 1.82) is 0 Å². The van der Waals surface area contributed by atoms with E-state index in [4.69, 9.17) is 10.8 Å². The molecule has 3 N–H and O–H groups in total. The molecule has 0 saturated carbocycles. The second-order valence-corrected chi connectivity index (χ2v) is 4.93. The second kappa shape index (κ2) is 6.15.